The molecule has 9 atom stereocenters. The standard InChI is InChI=1S/C33H52O4/c1-27(2)15-16-29(5)17-18-33(26(34)35)21(22(29)19-27)9-10-24-30(6)13-12-25-31(7,20-36-28(3,4)37-25)23(30)11-14-32(24,33)8/h9,22-25H,10-20H2,1-8H3,(H,34,35)/t22-,23+,24+,25+,29+,30-,31-,32+,33+/m0/s1. The molecular formula is C33H52O4. The van der Waals surface area contributed by atoms with Crippen molar-refractivity contribution in [2.24, 2.45) is 50.2 Å². The second-order valence-electron chi connectivity index (χ2n) is 16.6. The minimum Gasteiger partial charge on any atom is -0.481 e. The zero-order chi connectivity index (χ0) is 26.9. The van der Waals surface area contributed by atoms with Crippen molar-refractivity contribution < 1.29 is 19.4 Å². The van der Waals surface area contributed by atoms with Crippen LogP contribution in [0.4, 0.5) is 0 Å². The zero-order valence-corrected chi connectivity index (χ0v) is 24.8. The Morgan fingerprint density at radius 3 is 2.27 bits per heavy atom. The van der Waals surface area contributed by atoms with E-state index in [2.05, 4.69) is 47.6 Å². The van der Waals surface area contributed by atoms with Gasteiger partial charge in [0.25, 0.3) is 0 Å². The van der Waals surface area contributed by atoms with Gasteiger partial charge in [-0.2, -0.15) is 0 Å². The Bertz CT molecular complexity index is 1030. The molecule has 6 aliphatic rings. The van der Waals surface area contributed by atoms with Crippen LogP contribution in [-0.2, 0) is 14.3 Å². The summed E-state index contributed by atoms with van der Waals surface area (Å²) < 4.78 is 12.8. The summed E-state index contributed by atoms with van der Waals surface area (Å²) in [6.45, 7) is 19.4. The molecular weight excluding hydrogens is 460 g/mol. The highest BCUT2D eigenvalue weighted by atomic mass is 16.7. The number of aliphatic carboxylic acids is 1. The van der Waals surface area contributed by atoms with Gasteiger partial charge in [-0.05, 0) is 117 Å². The Morgan fingerprint density at radius 2 is 1.57 bits per heavy atom. The first-order valence-electron chi connectivity index (χ1n) is 15.3. The molecule has 4 saturated carbocycles. The minimum atomic E-state index is -0.721. The second kappa shape index (κ2) is 7.65. The van der Waals surface area contributed by atoms with Gasteiger partial charge in [-0.1, -0.05) is 53.2 Å². The van der Waals surface area contributed by atoms with Crippen LogP contribution < -0.4 is 0 Å². The molecule has 1 N–H and O–H groups in total. The fraction of sp³-hybridized carbons (Fsp3) is 0.909. The van der Waals surface area contributed by atoms with Crippen molar-refractivity contribution in [2.75, 3.05) is 6.61 Å². The van der Waals surface area contributed by atoms with Crippen LogP contribution in [0.1, 0.15) is 120 Å². The molecule has 1 heterocycles. The van der Waals surface area contributed by atoms with Crippen LogP contribution in [0.15, 0.2) is 11.6 Å². The average Bonchev–Trinajstić information content (AvgIpc) is 2.79. The van der Waals surface area contributed by atoms with Gasteiger partial charge in [-0.15, -0.1) is 0 Å². The number of rotatable bonds is 1. The van der Waals surface area contributed by atoms with E-state index in [1.54, 1.807) is 0 Å². The van der Waals surface area contributed by atoms with E-state index in [0.717, 1.165) is 58.0 Å². The molecule has 0 amide bonds. The molecule has 0 bridgehead atoms. The van der Waals surface area contributed by atoms with Gasteiger partial charge >= 0.3 is 5.97 Å². The van der Waals surface area contributed by atoms with E-state index < -0.39 is 17.2 Å². The molecule has 0 aromatic rings. The summed E-state index contributed by atoms with van der Waals surface area (Å²) in [7, 11) is 0. The van der Waals surface area contributed by atoms with Gasteiger partial charge in [0.2, 0.25) is 0 Å². The highest BCUT2D eigenvalue weighted by Crippen LogP contribution is 2.76. The lowest BCUT2D eigenvalue weighted by Gasteiger charge is -2.71. The minimum absolute atomic E-state index is 0.0112. The Morgan fingerprint density at radius 1 is 0.865 bits per heavy atom. The van der Waals surface area contributed by atoms with Gasteiger partial charge in [-0.3, -0.25) is 4.79 Å². The second-order valence-corrected chi connectivity index (χ2v) is 16.6. The predicted molar refractivity (Wildman–Crippen MR) is 146 cm³/mol. The lowest BCUT2D eigenvalue weighted by Crippen LogP contribution is -2.69. The third-order valence-electron chi connectivity index (χ3n) is 13.8. The number of ether oxygens (including phenoxy) is 2. The van der Waals surface area contributed by atoms with E-state index in [4.69, 9.17) is 9.47 Å². The largest absolute Gasteiger partial charge is 0.481 e. The summed E-state index contributed by atoms with van der Waals surface area (Å²) in [5.74, 6) is 0.229. The van der Waals surface area contributed by atoms with Crippen molar-refractivity contribution in [3.63, 3.8) is 0 Å². The maximum atomic E-state index is 13.7. The van der Waals surface area contributed by atoms with Crippen molar-refractivity contribution >= 4 is 5.97 Å². The van der Waals surface area contributed by atoms with E-state index in [-0.39, 0.29) is 33.2 Å². The Kier molecular flexibility index (Phi) is 5.45. The fourth-order valence-corrected chi connectivity index (χ4v) is 11.5. The topological polar surface area (TPSA) is 55.8 Å². The molecule has 1 saturated heterocycles. The van der Waals surface area contributed by atoms with E-state index >= 15 is 0 Å². The Balaban J connectivity index is 1.43. The normalized spacial score (nSPS) is 53.9. The summed E-state index contributed by atoms with van der Waals surface area (Å²) in [4.78, 5) is 13.7. The summed E-state index contributed by atoms with van der Waals surface area (Å²) >= 11 is 0. The van der Waals surface area contributed by atoms with Crippen molar-refractivity contribution in [1.29, 1.82) is 0 Å². The Labute approximate surface area is 225 Å². The van der Waals surface area contributed by atoms with Gasteiger partial charge in [0.05, 0.1) is 18.1 Å². The lowest BCUT2D eigenvalue weighted by molar-refractivity contribution is -0.351. The molecule has 5 aliphatic carbocycles. The molecule has 0 unspecified atom stereocenters. The molecule has 0 aromatic carbocycles. The zero-order valence-electron chi connectivity index (χ0n) is 24.8. The first-order valence-corrected chi connectivity index (χ1v) is 15.3. The van der Waals surface area contributed by atoms with Crippen molar-refractivity contribution in [1.82, 2.24) is 0 Å². The van der Waals surface area contributed by atoms with E-state index in [9.17, 15) is 9.90 Å². The van der Waals surface area contributed by atoms with Crippen LogP contribution in [0.5, 0.6) is 0 Å². The highest BCUT2D eigenvalue weighted by molar-refractivity contribution is 5.81. The first-order chi connectivity index (χ1) is 17.0. The maximum absolute atomic E-state index is 13.7. The number of allylic oxidation sites excluding steroid dienone is 1. The molecule has 1 aliphatic heterocycles. The number of hydrogen-bond acceptors (Lipinski definition) is 3. The highest BCUT2D eigenvalue weighted by Gasteiger charge is 2.72. The van der Waals surface area contributed by atoms with Gasteiger partial charge in [0, 0.05) is 5.41 Å². The van der Waals surface area contributed by atoms with Crippen LogP contribution >= 0.6 is 0 Å². The van der Waals surface area contributed by atoms with Crippen LogP contribution in [0.2, 0.25) is 0 Å². The fourth-order valence-electron chi connectivity index (χ4n) is 11.5. The average molecular weight is 513 g/mol. The molecule has 0 spiro atoms. The monoisotopic (exact) mass is 512 g/mol. The van der Waals surface area contributed by atoms with Crippen molar-refractivity contribution in [3.8, 4) is 0 Å². The molecule has 4 heteroatoms. The number of carboxylic acid groups (broad SMARTS) is 1. The molecule has 208 valence electrons. The van der Waals surface area contributed by atoms with Gasteiger partial charge in [-0.25, -0.2) is 0 Å². The predicted octanol–water partition coefficient (Wildman–Crippen LogP) is 8.00. The number of hydrogen-bond donors (Lipinski definition) is 1. The number of fused-ring (bicyclic) bond motifs is 9. The summed E-state index contributed by atoms with van der Waals surface area (Å²) in [5.41, 5.74) is 1.02. The van der Waals surface area contributed by atoms with Crippen molar-refractivity contribution in [2.45, 2.75) is 131 Å². The quantitative estimate of drug-likeness (QED) is 0.362. The first kappa shape index (κ1) is 26.4. The van der Waals surface area contributed by atoms with E-state index in [1.807, 2.05) is 13.8 Å². The SMILES string of the molecule is CC1(C)CC[C@]2(C)CC[C@]3(C(=O)O)C(=CC[C@@H]4[C@@]5(C)CC[C@H]6OC(C)(C)OC[C@@]6(C)[C@@H]5CC[C@]43C)[C@@H]2C1. The lowest BCUT2D eigenvalue weighted by atomic mass is 9.33. The molecule has 0 radical (unpaired) electrons. The van der Waals surface area contributed by atoms with Gasteiger partial charge < -0.3 is 14.6 Å². The van der Waals surface area contributed by atoms with Crippen LogP contribution in [0.3, 0.4) is 0 Å². The summed E-state index contributed by atoms with van der Waals surface area (Å²) in [5, 5.41) is 11.2. The number of carboxylic acids is 1. The third kappa shape index (κ3) is 3.30. The van der Waals surface area contributed by atoms with Crippen LogP contribution in [-0.4, -0.2) is 29.6 Å². The van der Waals surface area contributed by atoms with Crippen molar-refractivity contribution in [3.05, 3.63) is 11.6 Å². The summed E-state index contributed by atoms with van der Waals surface area (Å²) in [6.07, 6.45) is 13.5. The molecule has 6 rings (SSSR count). The smallest absolute Gasteiger partial charge is 0.314 e. The van der Waals surface area contributed by atoms with E-state index in [0.29, 0.717) is 17.8 Å². The Hall–Kier alpha value is -0.870. The van der Waals surface area contributed by atoms with Crippen LogP contribution in [0, 0.1) is 50.2 Å². The molecule has 5 fully saturated rings. The maximum Gasteiger partial charge on any atom is 0.314 e. The molecule has 37 heavy (non-hydrogen) atoms. The van der Waals surface area contributed by atoms with Gasteiger partial charge in [0.15, 0.2) is 5.79 Å². The number of carbonyl (C=O) groups is 1. The third-order valence-corrected chi connectivity index (χ3v) is 13.8. The van der Waals surface area contributed by atoms with E-state index in [1.165, 1.54) is 18.4 Å². The summed E-state index contributed by atoms with van der Waals surface area (Å²) in [6, 6.07) is 0. The van der Waals surface area contributed by atoms with Gasteiger partial charge in [0.1, 0.15) is 0 Å². The van der Waals surface area contributed by atoms with Crippen LogP contribution in [0.25, 0.3) is 0 Å². The molecule has 4 nitrogen and oxygen atoms in total. The molecule has 0 aromatic heterocycles.